The summed E-state index contributed by atoms with van der Waals surface area (Å²) in [7, 11) is -3.92. The Kier molecular flexibility index (Phi) is 7.50. The maximum atomic E-state index is 15.8. The molecule has 1 fully saturated rings. The number of aryl methyl sites for hydroxylation is 1. The van der Waals surface area contributed by atoms with E-state index in [4.69, 9.17) is 0 Å². The number of hydrogen-bond acceptors (Lipinski definition) is 9. The van der Waals surface area contributed by atoms with Crippen molar-refractivity contribution >= 4 is 32.6 Å². The summed E-state index contributed by atoms with van der Waals surface area (Å²) in [5.74, 6) is -2.80. The first-order valence-corrected chi connectivity index (χ1v) is 15.1. The van der Waals surface area contributed by atoms with Crippen LogP contribution in [0.3, 0.4) is 0 Å². The minimum absolute atomic E-state index is 0.0157. The van der Waals surface area contributed by atoms with Crippen molar-refractivity contribution in [3.63, 3.8) is 0 Å². The van der Waals surface area contributed by atoms with E-state index >= 15 is 4.39 Å². The summed E-state index contributed by atoms with van der Waals surface area (Å²) in [5.41, 5.74) is -2.33. The summed E-state index contributed by atoms with van der Waals surface area (Å²) in [6, 6.07) is 4.92. The van der Waals surface area contributed by atoms with Gasteiger partial charge in [0.15, 0.2) is 21.3 Å². The number of piperazine rings is 1. The summed E-state index contributed by atoms with van der Waals surface area (Å²) in [6.07, 6.45) is 3.44. The number of aromatic nitrogens is 4. The smallest absolute Gasteiger partial charge is 0.355 e. The molecule has 3 aromatic heterocycles. The van der Waals surface area contributed by atoms with Crippen molar-refractivity contribution in [2.45, 2.75) is 37.8 Å². The van der Waals surface area contributed by atoms with Crippen molar-refractivity contribution in [3.8, 4) is 22.7 Å². The van der Waals surface area contributed by atoms with Crippen molar-refractivity contribution in [2.75, 3.05) is 24.2 Å². The van der Waals surface area contributed by atoms with Crippen molar-refractivity contribution in [1.82, 2.24) is 24.4 Å². The molecule has 1 aromatic carbocycles. The highest BCUT2D eigenvalue weighted by Gasteiger charge is 2.34. The van der Waals surface area contributed by atoms with E-state index in [1.165, 1.54) is 31.3 Å². The SMILES string of the molecule is C=CC(=O)N1C[C@H](C)N(c2nc(=O)n(-c3c(S(C)(=O)=O)ccnc3C)c3nc(-c4c(O)cccc4F)c(F)cc23)C[C@H]1C. The Morgan fingerprint density at radius 2 is 1.84 bits per heavy atom. The summed E-state index contributed by atoms with van der Waals surface area (Å²) in [5, 5.41) is 10.4. The number of carbonyl (C=O) groups is 1. The lowest BCUT2D eigenvalue weighted by molar-refractivity contribution is -0.128. The number of hydrogen-bond donors (Lipinski definition) is 1. The number of phenols is 1. The molecule has 0 spiro atoms. The lowest BCUT2D eigenvalue weighted by Crippen LogP contribution is -2.58. The van der Waals surface area contributed by atoms with Crippen molar-refractivity contribution < 1.29 is 27.1 Å². The number of amides is 1. The second kappa shape index (κ2) is 10.8. The highest BCUT2D eigenvalue weighted by atomic mass is 32.2. The van der Waals surface area contributed by atoms with Crippen LogP contribution in [0.2, 0.25) is 0 Å². The number of rotatable bonds is 5. The van der Waals surface area contributed by atoms with Crippen LogP contribution in [-0.4, -0.2) is 75.3 Å². The maximum absolute atomic E-state index is 15.8. The molecule has 1 N–H and O–H groups in total. The van der Waals surface area contributed by atoms with E-state index in [-0.39, 0.29) is 58.2 Å². The zero-order valence-electron chi connectivity index (χ0n) is 23.7. The first-order valence-electron chi connectivity index (χ1n) is 13.2. The first-order chi connectivity index (χ1) is 20.2. The summed E-state index contributed by atoms with van der Waals surface area (Å²) in [4.78, 5) is 42.2. The Labute approximate surface area is 245 Å². The van der Waals surface area contributed by atoms with E-state index in [2.05, 4.69) is 21.5 Å². The molecule has 0 radical (unpaired) electrons. The van der Waals surface area contributed by atoms with Gasteiger partial charge >= 0.3 is 5.69 Å². The van der Waals surface area contributed by atoms with Crippen molar-refractivity contribution in [2.24, 2.45) is 0 Å². The number of benzene rings is 1. The molecular formula is C29H28F2N6O5S. The molecule has 2 atom stereocenters. The van der Waals surface area contributed by atoms with Gasteiger partial charge in [-0.05, 0) is 51.1 Å². The van der Waals surface area contributed by atoms with Crippen LogP contribution in [0.4, 0.5) is 14.6 Å². The van der Waals surface area contributed by atoms with Crippen LogP contribution < -0.4 is 10.6 Å². The van der Waals surface area contributed by atoms with Crippen LogP contribution in [-0.2, 0) is 14.6 Å². The van der Waals surface area contributed by atoms with Gasteiger partial charge < -0.3 is 14.9 Å². The van der Waals surface area contributed by atoms with E-state index in [0.29, 0.717) is 0 Å². The van der Waals surface area contributed by atoms with Crippen LogP contribution in [0.1, 0.15) is 19.5 Å². The van der Waals surface area contributed by atoms with Gasteiger partial charge in [-0.2, -0.15) is 4.98 Å². The Bertz CT molecular complexity index is 1960. The third kappa shape index (κ3) is 5.11. The highest BCUT2D eigenvalue weighted by molar-refractivity contribution is 7.90. The number of nitrogens with zero attached hydrogens (tertiary/aromatic N) is 6. The summed E-state index contributed by atoms with van der Waals surface area (Å²) in [6.45, 7) is 9.10. The number of fused-ring (bicyclic) bond motifs is 1. The third-order valence-corrected chi connectivity index (χ3v) is 8.57. The van der Waals surface area contributed by atoms with E-state index in [1.54, 1.807) is 23.6 Å². The van der Waals surface area contributed by atoms with Crippen LogP contribution in [0.15, 0.2) is 58.9 Å². The van der Waals surface area contributed by atoms with Gasteiger partial charge in [-0.25, -0.2) is 31.5 Å². The fraction of sp³-hybridized carbons (Fsp3) is 0.276. The minimum atomic E-state index is -3.92. The molecule has 1 amide bonds. The molecule has 0 aliphatic carbocycles. The zero-order valence-corrected chi connectivity index (χ0v) is 24.6. The first kappa shape index (κ1) is 29.8. The average molecular weight is 611 g/mol. The zero-order chi connectivity index (χ0) is 31.4. The number of aromatic hydroxyl groups is 1. The lowest BCUT2D eigenvalue weighted by Gasteiger charge is -2.44. The molecule has 1 aliphatic rings. The Morgan fingerprint density at radius 1 is 1.12 bits per heavy atom. The van der Waals surface area contributed by atoms with Gasteiger partial charge in [-0.15, -0.1) is 0 Å². The predicted molar refractivity (Wildman–Crippen MR) is 156 cm³/mol. The Hall–Kier alpha value is -4.72. The van der Waals surface area contributed by atoms with Gasteiger partial charge in [0.25, 0.3) is 0 Å². The highest BCUT2D eigenvalue weighted by Crippen LogP contribution is 2.37. The van der Waals surface area contributed by atoms with E-state index in [0.717, 1.165) is 29.0 Å². The molecule has 5 rings (SSSR count). The predicted octanol–water partition coefficient (Wildman–Crippen LogP) is 3.15. The fourth-order valence-corrected chi connectivity index (χ4v) is 6.30. The number of carbonyl (C=O) groups excluding carboxylic acids is 1. The Morgan fingerprint density at radius 3 is 2.49 bits per heavy atom. The topological polar surface area (TPSA) is 139 Å². The lowest BCUT2D eigenvalue weighted by atomic mass is 10.1. The standard InChI is InChI=1S/C29H28F2N6O5S/c1-6-23(39)35-13-16(3)36(14-15(35)2)27-18-12-20(31)25(24-19(30)8-7-9-21(24)38)33-28(18)37(29(40)34-27)26-17(4)32-11-10-22(26)43(5,41)42/h6-12,15-16,38H,1,13-14H2,2-5H3/t15-,16+/m1/s1. The minimum Gasteiger partial charge on any atom is -0.507 e. The molecule has 14 heteroatoms. The number of anilines is 1. The fourth-order valence-electron chi connectivity index (χ4n) is 5.40. The average Bonchev–Trinajstić information content (AvgIpc) is 2.93. The quantitative estimate of drug-likeness (QED) is 0.338. The molecule has 1 aliphatic heterocycles. The Balaban J connectivity index is 1.87. The molecule has 224 valence electrons. The second-order valence-electron chi connectivity index (χ2n) is 10.4. The molecule has 4 aromatic rings. The number of pyridine rings is 2. The van der Waals surface area contributed by atoms with Gasteiger partial charge in [0, 0.05) is 37.6 Å². The molecule has 0 bridgehead atoms. The molecular weight excluding hydrogens is 582 g/mol. The van der Waals surface area contributed by atoms with Gasteiger partial charge in [0.1, 0.15) is 23.1 Å². The van der Waals surface area contributed by atoms with Crippen LogP contribution in [0, 0.1) is 18.6 Å². The van der Waals surface area contributed by atoms with Crippen LogP contribution in [0.25, 0.3) is 28.0 Å². The number of sulfone groups is 1. The van der Waals surface area contributed by atoms with Crippen molar-refractivity contribution in [3.05, 3.63) is 77.0 Å². The third-order valence-electron chi connectivity index (χ3n) is 7.44. The molecule has 43 heavy (non-hydrogen) atoms. The second-order valence-corrected chi connectivity index (χ2v) is 12.4. The van der Waals surface area contributed by atoms with Crippen molar-refractivity contribution in [1.29, 1.82) is 0 Å². The molecule has 0 unspecified atom stereocenters. The number of phenolic OH excluding ortho intramolecular Hbond substituents is 1. The van der Waals surface area contributed by atoms with Crippen LogP contribution in [0.5, 0.6) is 5.75 Å². The van der Waals surface area contributed by atoms with Crippen LogP contribution >= 0.6 is 0 Å². The van der Waals surface area contributed by atoms with E-state index in [1.807, 2.05) is 0 Å². The summed E-state index contributed by atoms with van der Waals surface area (Å²) >= 11 is 0. The largest absolute Gasteiger partial charge is 0.507 e. The summed E-state index contributed by atoms with van der Waals surface area (Å²) < 4.78 is 57.2. The molecule has 0 saturated carbocycles. The maximum Gasteiger partial charge on any atom is 0.355 e. The van der Waals surface area contributed by atoms with Gasteiger partial charge in [0.2, 0.25) is 5.91 Å². The van der Waals surface area contributed by atoms with Gasteiger partial charge in [0.05, 0.1) is 27.2 Å². The van der Waals surface area contributed by atoms with Gasteiger partial charge in [-0.1, -0.05) is 12.6 Å². The van der Waals surface area contributed by atoms with E-state index in [9.17, 15) is 27.5 Å². The molecule has 1 saturated heterocycles. The van der Waals surface area contributed by atoms with E-state index < -0.39 is 50.2 Å². The molecule has 11 nitrogen and oxygen atoms in total. The normalized spacial score (nSPS) is 17.3. The number of halogens is 2. The molecule has 4 heterocycles. The van der Waals surface area contributed by atoms with Gasteiger partial charge in [-0.3, -0.25) is 9.78 Å². The monoisotopic (exact) mass is 610 g/mol.